The number of pyridine rings is 1. The standard InChI is InChI=1S/C22H20F4N6O/c23-20-14(8-9-16-15(20)10-27-31-16)21(33)29-13-6-4-12(5-7-13)28-18-2-1-3-19-30-17(11-32(18)19)22(24,25)26/h1-3,8-13,28H,4-7H2,(H,27,31)(H,29,33). The first kappa shape index (κ1) is 21.2. The Morgan fingerprint density at radius 1 is 1.09 bits per heavy atom. The van der Waals surface area contributed by atoms with Gasteiger partial charge in [-0.3, -0.25) is 14.3 Å². The highest BCUT2D eigenvalue weighted by Gasteiger charge is 2.34. The zero-order chi connectivity index (χ0) is 23.2. The van der Waals surface area contributed by atoms with Crippen molar-refractivity contribution in [1.29, 1.82) is 0 Å². The lowest BCUT2D eigenvalue weighted by Gasteiger charge is -2.30. The van der Waals surface area contributed by atoms with Crippen LogP contribution < -0.4 is 10.6 Å². The van der Waals surface area contributed by atoms with Crippen molar-refractivity contribution in [2.75, 3.05) is 5.32 Å². The number of amides is 1. The molecule has 0 unspecified atom stereocenters. The van der Waals surface area contributed by atoms with Crippen LogP contribution >= 0.6 is 0 Å². The van der Waals surface area contributed by atoms with Crippen LogP contribution in [-0.2, 0) is 6.18 Å². The Kier molecular flexibility index (Phi) is 5.18. The molecule has 5 rings (SSSR count). The number of fused-ring (bicyclic) bond motifs is 2. The van der Waals surface area contributed by atoms with Gasteiger partial charge in [-0.15, -0.1) is 0 Å². The first-order valence-corrected chi connectivity index (χ1v) is 10.5. The molecule has 1 saturated carbocycles. The summed E-state index contributed by atoms with van der Waals surface area (Å²) in [5.41, 5.74) is -0.309. The van der Waals surface area contributed by atoms with E-state index in [0.29, 0.717) is 37.0 Å². The van der Waals surface area contributed by atoms with Gasteiger partial charge in [-0.1, -0.05) is 6.07 Å². The number of imidazole rings is 1. The third-order valence-electron chi connectivity index (χ3n) is 5.99. The fourth-order valence-electron chi connectivity index (χ4n) is 4.28. The molecule has 0 aliphatic heterocycles. The van der Waals surface area contributed by atoms with Gasteiger partial charge < -0.3 is 10.6 Å². The summed E-state index contributed by atoms with van der Waals surface area (Å²) in [6, 6.07) is 7.80. The largest absolute Gasteiger partial charge is 0.434 e. The topological polar surface area (TPSA) is 87.1 Å². The number of nitrogens with zero attached hydrogens (tertiary/aromatic N) is 3. The number of carbonyl (C=O) groups is 1. The van der Waals surface area contributed by atoms with E-state index in [1.54, 1.807) is 18.2 Å². The van der Waals surface area contributed by atoms with E-state index in [-0.39, 0.29) is 28.7 Å². The van der Waals surface area contributed by atoms with Crippen LogP contribution in [0.15, 0.2) is 42.7 Å². The number of alkyl halides is 3. The van der Waals surface area contributed by atoms with Crippen molar-refractivity contribution >= 4 is 28.3 Å². The quantitative estimate of drug-likeness (QED) is 0.391. The lowest BCUT2D eigenvalue weighted by molar-refractivity contribution is -0.140. The highest BCUT2D eigenvalue weighted by atomic mass is 19.4. The Morgan fingerprint density at radius 2 is 1.85 bits per heavy atom. The van der Waals surface area contributed by atoms with Crippen molar-refractivity contribution in [3.63, 3.8) is 0 Å². The average Bonchev–Trinajstić information content (AvgIpc) is 3.43. The van der Waals surface area contributed by atoms with Crippen molar-refractivity contribution in [3.05, 3.63) is 59.8 Å². The Balaban J connectivity index is 1.22. The molecule has 1 aliphatic rings. The first-order valence-electron chi connectivity index (χ1n) is 10.5. The van der Waals surface area contributed by atoms with Crippen LogP contribution in [0.5, 0.6) is 0 Å². The summed E-state index contributed by atoms with van der Waals surface area (Å²) in [7, 11) is 0. The molecule has 3 aromatic heterocycles. The summed E-state index contributed by atoms with van der Waals surface area (Å²) < 4.78 is 55.0. The number of halogens is 4. The van der Waals surface area contributed by atoms with Crippen LogP contribution in [0, 0.1) is 5.82 Å². The average molecular weight is 460 g/mol. The van der Waals surface area contributed by atoms with Crippen LogP contribution in [0.4, 0.5) is 23.4 Å². The van der Waals surface area contributed by atoms with Gasteiger partial charge >= 0.3 is 6.18 Å². The minimum Gasteiger partial charge on any atom is -0.368 e. The predicted molar refractivity (Wildman–Crippen MR) is 113 cm³/mol. The number of benzene rings is 1. The zero-order valence-electron chi connectivity index (χ0n) is 17.3. The monoisotopic (exact) mass is 460 g/mol. The van der Waals surface area contributed by atoms with Gasteiger partial charge in [0.1, 0.15) is 17.3 Å². The fourth-order valence-corrected chi connectivity index (χ4v) is 4.28. The van der Waals surface area contributed by atoms with Gasteiger partial charge in [0.25, 0.3) is 5.91 Å². The van der Waals surface area contributed by atoms with Crippen LogP contribution in [0.25, 0.3) is 16.6 Å². The molecule has 0 bridgehead atoms. The SMILES string of the molecule is O=C(NC1CCC(Nc2cccc3nc(C(F)(F)F)cn23)CC1)c1ccc2n[nH]cc2c1F. The summed E-state index contributed by atoms with van der Waals surface area (Å²) >= 11 is 0. The van der Waals surface area contributed by atoms with Crippen molar-refractivity contribution in [2.24, 2.45) is 0 Å². The van der Waals surface area contributed by atoms with Crippen molar-refractivity contribution in [1.82, 2.24) is 24.9 Å². The Bertz CT molecular complexity index is 1320. The minimum absolute atomic E-state index is 0.0273. The number of aromatic nitrogens is 4. The molecule has 3 N–H and O–H groups in total. The van der Waals surface area contributed by atoms with E-state index < -0.39 is 23.6 Å². The van der Waals surface area contributed by atoms with Crippen molar-refractivity contribution in [3.8, 4) is 0 Å². The highest BCUT2D eigenvalue weighted by Crippen LogP contribution is 2.30. The minimum atomic E-state index is -4.51. The highest BCUT2D eigenvalue weighted by molar-refractivity contribution is 5.98. The molecule has 3 heterocycles. The van der Waals surface area contributed by atoms with Crippen LogP contribution in [0.3, 0.4) is 0 Å². The van der Waals surface area contributed by atoms with Gasteiger partial charge in [-0.2, -0.15) is 18.3 Å². The number of hydrogen-bond donors (Lipinski definition) is 3. The van der Waals surface area contributed by atoms with Gasteiger partial charge in [0.15, 0.2) is 5.69 Å². The Labute approximate surface area is 185 Å². The smallest absolute Gasteiger partial charge is 0.368 e. The van der Waals surface area contributed by atoms with E-state index in [4.69, 9.17) is 0 Å². The molecule has 0 atom stereocenters. The first-order chi connectivity index (χ1) is 15.8. The molecule has 7 nitrogen and oxygen atoms in total. The molecule has 1 aliphatic carbocycles. The molecule has 33 heavy (non-hydrogen) atoms. The van der Waals surface area contributed by atoms with Crippen LogP contribution in [0.2, 0.25) is 0 Å². The second-order valence-electron chi connectivity index (χ2n) is 8.17. The maximum Gasteiger partial charge on any atom is 0.434 e. The van der Waals surface area contributed by atoms with Gasteiger partial charge in [-0.25, -0.2) is 9.37 Å². The van der Waals surface area contributed by atoms with E-state index in [2.05, 4.69) is 25.8 Å². The second kappa shape index (κ2) is 8.05. The van der Waals surface area contributed by atoms with Gasteiger partial charge in [-0.05, 0) is 49.9 Å². The summed E-state index contributed by atoms with van der Waals surface area (Å²) in [4.78, 5) is 16.2. The lowest BCUT2D eigenvalue weighted by Crippen LogP contribution is -2.40. The Hall–Kier alpha value is -3.63. The molecular weight excluding hydrogens is 440 g/mol. The number of carbonyl (C=O) groups excluding carboxylic acids is 1. The van der Waals surface area contributed by atoms with Crippen LogP contribution in [-0.4, -0.2) is 37.6 Å². The molecular formula is C22H20F4N6O. The summed E-state index contributed by atoms with van der Waals surface area (Å²) in [5, 5.41) is 12.9. The summed E-state index contributed by atoms with van der Waals surface area (Å²) in [6.07, 6.45) is 0.600. The number of H-pyrrole nitrogens is 1. The molecule has 4 aromatic rings. The summed E-state index contributed by atoms with van der Waals surface area (Å²) in [6.45, 7) is 0. The maximum absolute atomic E-state index is 14.6. The van der Waals surface area contributed by atoms with E-state index >= 15 is 0 Å². The number of aromatic amines is 1. The molecule has 172 valence electrons. The Morgan fingerprint density at radius 3 is 2.61 bits per heavy atom. The van der Waals surface area contributed by atoms with E-state index in [1.165, 1.54) is 22.7 Å². The second-order valence-corrected chi connectivity index (χ2v) is 8.17. The molecule has 0 saturated heterocycles. The van der Waals surface area contributed by atoms with Crippen molar-refractivity contribution < 1.29 is 22.4 Å². The molecule has 11 heteroatoms. The number of anilines is 1. The fraction of sp³-hybridized carbons (Fsp3) is 0.318. The third kappa shape index (κ3) is 4.10. The van der Waals surface area contributed by atoms with E-state index in [1.807, 2.05) is 0 Å². The molecule has 0 spiro atoms. The normalized spacial score (nSPS) is 19.2. The maximum atomic E-state index is 14.6. The third-order valence-corrected chi connectivity index (χ3v) is 5.99. The molecule has 1 fully saturated rings. The molecule has 0 radical (unpaired) electrons. The van der Waals surface area contributed by atoms with Crippen molar-refractivity contribution in [2.45, 2.75) is 43.9 Å². The van der Waals surface area contributed by atoms with E-state index in [0.717, 1.165) is 6.20 Å². The van der Waals surface area contributed by atoms with Gasteiger partial charge in [0.2, 0.25) is 0 Å². The number of nitrogens with one attached hydrogen (secondary N) is 3. The van der Waals surface area contributed by atoms with Gasteiger partial charge in [0.05, 0.1) is 16.5 Å². The van der Waals surface area contributed by atoms with Crippen LogP contribution in [0.1, 0.15) is 41.7 Å². The predicted octanol–water partition coefficient (Wildman–Crippen LogP) is 4.52. The zero-order valence-corrected chi connectivity index (χ0v) is 17.3. The van der Waals surface area contributed by atoms with E-state index in [9.17, 15) is 22.4 Å². The lowest BCUT2D eigenvalue weighted by atomic mass is 9.91. The number of hydrogen-bond acceptors (Lipinski definition) is 4. The number of rotatable bonds is 4. The van der Waals surface area contributed by atoms with Gasteiger partial charge in [0, 0.05) is 24.5 Å². The molecule has 1 amide bonds. The molecule has 1 aromatic carbocycles. The summed E-state index contributed by atoms with van der Waals surface area (Å²) in [5.74, 6) is -0.561.